The molecule has 4 heterocycles. The summed E-state index contributed by atoms with van der Waals surface area (Å²) in [7, 11) is 0. The van der Waals surface area contributed by atoms with Crippen molar-refractivity contribution in [1.29, 1.82) is 0 Å². The van der Waals surface area contributed by atoms with Gasteiger partial charge in [-0.25, -0.2) is 19.9 Å². The van der Waals surface area contributed by atoms with E-state index in [0.717, 1.165) is 66.3 Å². The molecule has 0 saturated heterocycles. The highest BCUT2D eigenvalue weighted by molar-refractivity contribution is 6.10. The highest BCUT2D eigenvalue weighted by Gasteiger charge is 2.22. The number of hydrogen-bond donors (Lipinski definition) is 0. The monoisotopic (exact) mass is 794 g/mol. The number of para-hydroxylation sites is 5. The summed E-state index contributed by atoms with van der Waals surface area (Å²) >= 11 is 0. The van der Waals surface area contributed by atoms with Crippen molar-refractivity contribution < 1.29 is 0 Å². The van der Waals surface area contributed by atoms with Gasteiger partial charge in [-0.2, -0.15) is 9.97 Å². The fourth-order valence-corrected chi connectivity index (χ4v) is 8.63. The Bertz CT molecular complexity index is 3480. The summed E-state index contributed by atoms with van der Waals surface area (Å²) in [4.78, 5) is 31.0. The molecule has 12 rings (SSSR count). The molecule has 0 bridgehead atoms. The third-order valence-electron chi connectivity index (χ3n) is 11.4. The van der Waals surface area contributed by atoms with Gasteiger partial charge in [-0.1, -0.05) is 164 Å². The van der Waals surface area contributed by atoms with Gasteiger partial charge >= 0.3 is 0 Å². The molecule has 0 radical (unpaired) electrons. The highest BCUT2D eigenvalue weighted by Crippen LogP contribution is 2.37. The number of rotatable bonds is 7. The summed E-state index contributed by atoms with van der Waals surface area (Å²) < 4.78 is 4.47. The average Bonchev–Trinajstić information content (AvgIpc) is 3.87. The Balaban J connectivity index is 1.09. The summed E-state index contributed by atoms with van der Waals surface area (Å²) in [5.41, 5.74) is 9.49. The van der Waals surface area contributed by atoms with Gasteiger partial charge in [0.15, 0.2) is 29.1 Å². The highest BCUT2D eigenvalue weighted by atomic mass is 15.2. The van der Waals surface area contributed by atoms with Crippen molar-refractivity contribution in [2.45, 2.75) is 0 Å². The molecule has 0 aliphatic carbocycles. The Morgan fingerprint density at radius 1 is 0.258 bits per heavy atom. The van der Waals surface area contributed by atoms with E-state index in [2.05, 4.69) is 130 Å². The maximum Gasteiger partial charge on any atom is 0.238 e. The molecule has 290 valence electrons. The lowest BCUT2D eigenvalue weighted by molar-refractivity contribution is 0.951. The first-order valence-electron chi connectivity index (χ1n) is 20.6. The SMILES string of the molecule is c1ccc(-c2nc(-c3ccccc3)nc(-c3cccc(-c4nc(-c5ccccc5-n5c6ccccc6c6ccccc65)nc(-n5c6ccccc6c6ccccc65)n4)c3)n2)cc1. The summed E-state index contributed by atoms with van der Waals surface area (Å²) in [6.07, 6.45) is 0. The quantitative estimate of drug-likeness (QED) is 0.160. The van der Waals surface area contributed by atoms with Crippen molar-refractivity contribution in [1.82, 2.24) is 39.0 Å². The van der Waals surface area contributed by atoms with Crippen molar-refractivity contribution in [2.24, 2.45) is 0 Å². The molecule has 8 aromatic carbocycles. The molecule has 0 amide bonds. The largest absolute Gasteiger partial charge is 0.309 e. The minimum atomic E-state index is 0.516. The molecular weight excluding hydrogens is 761 g/mol. The minimum absolute atomic E-state index is 0.516. The van der Waals surface area contributed by atoms with Gasteiger partial charge in [-0.05, 0) is 42.5 Å². The van der Waals surface area contributed by atoms with E-state index in [9.17, 15) is 0 Å². The van der Waals surface area contributed by atoms with Crippen LogP contribution in [0, 0.1) is 0 Å². The fourth-order valence-electron chi connectivity index (χ4n) is 8.63. The molecule has 0 N–H and O–H groups in total. The fraction of sp³-hybridized carbons (Fsp3) is 0. The van der Waals surface area contributed by atoms with Crippen LogP contribution in [0.2, 0.25) is 0 Å². The van der Waals surface area contributed by atoms with Crippen LogP contribution >= 0.6 is 0 Å². The van der Waals surface area contributed by atoms with Crippen LogP contribution in [0.3, 0.4) is 0 Å². The number of aromatic nitrogens is 8. The van der Waals surface area contributed by atoms with Crippen LogP contribution in [0.5, 0.6) is 0 Å². The van der Waals surface area contributed by atoms with Gasteiger partial charge in [0, 0.05) is 49.4 Å². The molecule has 4 aromatic heterocycles. The van der Waals surface area contributed by atoms with E-state index in [1.165, 1.54) is 10.8 Å². The maximum absolute atomic E-state index is 5.37. The molecule has 8 nitrogen and oxygen atoms in total. The molecule has 12 aromatic rings. The van der Waals surface area contributed by atoms with Crippen LogP contribution in [0.1, 0.15) is 0 Å². The topological polar surface area (TPSA) is 87.2 Å². The minimum Gasteiger partial charge on any atom is -0.309 e. The van der Waals surface area contributed by atoms with E-state index < -0.39 is 0 Å². The van der Waals surface area contributed by atoms with Crippen molar-refractivity contribution in [3.8, 4) is 68.6 Å². The second-order valence-electron chi connectivity index (χ2n) is 15.2. The Morgan fingerprint density at radius 3 is 1.13 bits per heavy atom. The lowest BCUT2D eigenvalue weighted by atomic mass is 10.1. The van der Waals surface area contributed by atoms with Gasteiger partial charge in [-0.15, -0.1) is 0 Å². The summed E-state index contributed by atoms with van der Waals surface area (Å²) in [5.74, 6) is 3.32. The van der Waals surface area contributed by atoms with E-state index in [1.807, 2.05) is 84.9 Å². The Hall–Kier alpha value is -8.62. The molecule has 0 aliphatic rings. The van der Waals surface area contributed by atoms with Gasteiger partial charge in [0.05, 0.1) is 27.8 Å². The maximum atomic E-state index is 5.37. The zero-order chi connectivity index (χ0) is 41.0. The standard InChI is InChI=1S/C54H34N8/c1-3-18-35(19-4-1)49-55-50(36-20-5-2-6-21-36)57-51(56-49)37-22-17-23-38(34-37)52-58-53(60-54(59-52)62-46-31-14-9-26-41(46)42-27-10-15-32-47(42)62)43-28-11-16-33-48(43)61-44-29-12-7-24-39(44)40-25-8-13-30-45(40)61/h1-34H. The molecular formula is C54H34N8. The normalized spacial score (nSPS) is 11.5. The van der Waals surface area contributed by atoms with Crippen LogP contribution in [0.15, 0.2) is 206 Å². The average molecular weight is 795 g/mol. The van der Waals surface area contributed by atoms with E-state index in [4.69, 9.17) is 29.9 Å². The zero-order valence-electron chi connectivity index (χ0n) is 33.2. The molecule has 0 unspecified atom stereocenters. The van der Waals surface area contributed by atoms with Crippen LogP contribution in [0.4, 0.5) is 0 Å². The number of hydrogen-bond acceptors (Lipinski definition) is 6. The lowest BCUT2D eigenvalue weighted by Gasteiger charge is -2.15. The first-order valence-corrected chi connectivity index (χ1v) is 20.6. The van der Waals surface area contributed by atoms with Gasteiger partial charge < -0.3 is 4.57 Å². The zero-order valence-corrected chi connectivity index (χ0v) is 33.2. The van der Waals surface area contributed by atoms with E-state index in [0.29, 0.717) is 35.1 Å². The Kier molecular flexibility index (Phi) is 8.31. The smallest absolute Gasteiger partial charge is 0.238 e. The summed E-state index contributed by atoms with van der Waals surface area (Å²) in [5, 5.41) is 4.61. The van der Waals surface area contributed by atoms with Crippen LogP contribution in [-0.4, -0.2) is 39.0 Å². The first-order chi connectivity index (χ1) is 30.7. The van der Waals surface area contributed by atoms with Crippen LogP contribution in [-0.2, 0) is 0 Å². The third-order valence-corrected chi connectivity index (χ3v) is 11.4. The number of fused-ring (bicyclic) bond motifs is 6. The second kappa shape index (κ2) is 14.6. The number of benzene rings is 8. The Labute approximate surface area is 356 Å². The predicted octanol–water partition coefficient (Wildman–Crippen LogP) is 12.6. The predicted molar refractivity (Wildman–Crippen MR) is 249 cm³/mol. The van der Waals surface area contributed by atoms with Gasteiger partial charge in [0.2, 0.25) is 5.95 Å². The molecule has 8 heteroatoms. The lowest BCUT2D eigenvalue weighted by Crippen LogP contribution is -2.08. The van der Waals surface area contributed by atoms with Crippen molar-refractivity contribution in [2.75, 3.05) is 0 Å². The second-order valence-corrected chi connectivity index (χ2v) is 15.2. The van der Waals surface area contributed by atoms with Gasteiger partial charge in [0.25, 0.3) is 0 Å². The van der Waals surface area contributed by atoms with Crippen molar-refractivity contribution in [3.63, 3.8) is 0 Å². The summed E-state index contributed by atoms with van der Waals surface area (Å²) in [6, 6.07) is 70.4. The third kappa shape index (κ3) is 5.92. The van der Waals surface area contributed by atoms with Crippen molar-refractivity contribution in [3.05, 3.63) is 206 Å². The van der Waals surface area contributed by atoms with E-state index in [1.54, 1.807) is 0 Å². The van der Waals surface area contributed by atoms with Crippen LogP contribution < -0.4 is 0 Å². The van der Waals surface area contributed by atoms with Gasteiger partial charge in [0.1, 0.15) is 0 Å². The summed E-state index contributed by atoms with van der Waals surface area (Å²) in [6.45, 7) is 0. The first kappa shape index (κ1) is 35.3. The molecule has 62 heavy (non-hydrogen) atoms. The van der Waals surface area contributed by atoms with Crippen molar-refractivity contribution >= 4 is 43.6 Å². The Morgan fingerprint density at radius 2 is 0.613 bits per heavy atom. The molecule has 0 aliphatic heterocycles. The van der Waals surface area contributed by atoms with E-state index >= 15 is 0 Å². The van der Waals surface area contributed by atoms with E-state index in [-0.39, 0.29) is 0 Å². The molecule has 0 saturated carbocycles. The molecule has 0 spiro atoms. The molecule has 0 fully saturated rings. The molecule has 0 atom stereocenters. The van der Waals surface area contributed by atoms with Crippen LogP contribution in [0.25, 0.3) is 112 Å². The number of nitrogens with zero attached hydrogens (tertiary/aromatic N) is 8. The van der Waals surface area contributed by atoms with Gasteiger partial charge in [-0.3, -0.25) is 4.57 Å².